The maximum absolute atomic E-state index is 12.4. The molecule has 0 saturated heterocycles. The predicted octanol–water partition coefficient (Wildman–Crippen LogP) is 2.90. The molecule has 20 heavy (non-hydrogen) atoms. The van der Waals surface area contributed by atoms with Crippen molar-refractivity contribution in [3.05, 3.63) is 48.6 Å². The van der Waals surface area contributed by atoms with Crippen molar-refractivity contribution >= 4 is 5.91 Å². The highest BCUT2D eigenvalue weighted by Crippen LogP contribution is 2.32. The van der Waals surface area contributed by atoms with E-state index < -0.39 is 5.60 Å². The highest BCUT2D eigenvalue weighted by molar-refractivity contribution is 5.77. The number of nitrogens with zero attached hydrogens (tertiary/aromatic N) is 1. The Morgan fingerprint density at radius 1 is 1.30 bits per heavy atom. The summed E-state index contributed by atoms with van der Waals surface area (Å²) in [6.45, 7) is 4.81. The minimum Gasteiger partial charge on any atom is -0.389 e. The van der Waals surface area contributed by atoms with Crippen LogP contribution in [-0.2, 0) is 11.3 Å². The second-order valence-electron chi connectivity index (χ2n) is 5.66. The molecule has 0 radical (unpaired) electrons. The molecule has 0 spiro atoms. The SMILES string of the molecule is C=CCN(Cc1ccccc1)C(=O)CC1(O)CCCC1. The zero-order valence-electron chi connectivity index (χ0n) is 11.9. The van der Waals surface area contributed by atoms with Crippen LogP contribution in [0.3, 0.4) is 0 Å². The molecule has 0 aromatic heterocycles. The molecule has 1 aliphatic carbocycles. The lowest BCUT2D eigenvalue weighted by Gasteiger charge is -2.27. The number of benzene rings is 1. The molecular weight excluding hydrogens is 250 g/mol. The average Bonchev–Trinajstić information content (AvgIpc) is 2.86. The van der Waals surface area contributed by atoms with E-state index in [-0.39, 0.29) is 12.3 Å². The Kier molecular flexibility index (Phi) is 4.96. The van der Waals surface area contributed by atoms with E-state index in [4.69, 9.17) is 0 Å². The Bertz CT molecular complexity index is 449. The standard InChI is InChI=1S/C17H23NO2/c1-2-12-18(14-15-8-4-3-5-9-15)16(19)13-17(20)10-6-7-11-17/h2-5,8-9,20H,1,6-7,10-14H2. The Hall–Kier alpha value is -1.61. The highest BCUT2D eigenvalue weighted by atomic mass is 16.3. The van der Waals surface area contributed by atoms with Crippen LogP contribution >= 0.6 is 0 Å². The molecule has 1 amide bonds. The molecule has 108 valence electrons. The molecule has 3 nitrogen and oxygen atoms in total. The summed E-state index contributed by atoms with van der Waals surface area (Å²) in [5.41, 5.74) is 0.314. The van der Waals surface area contributed by atoms with Crippen LogP contribution in [0.1, 0.15) is 37.7 Å². The molecule has 1 aromatic carbocycles. The van der Waals surface area contributed by atoms with Gasteiger partial charge in [-0.25, -0.2) is 0 Å². The van der Waals surface area contributed by atoms with Crippen LogP contribution in [0.2, 0.25) is 0 Å². The Morgan fingerprint density at radius 3 is 2.55 bits per heavy atom. The van der Waals surface area contributed by atoms with Gasteiger partial charge in [0, 0.05) is 13.1 Å². The third-order valence-electron chi connectivity index (χ3n) is 3.93. The number of carbonyl (C=O) groups is 1. The molecule has 1 aromatic rings. The molecule has 0 unspecified atom stereocenters. The summed E-state index contributed by atoms with van der Waals surface area (Å²) in [5.74, 6) is 0.0122. The van der Waals surface area contributed by atoms with E-state index >= 15 is 0 Å². The first kappa shape index (κ1) is 14.8. The molecule has 1 saturated carbocycles. The summed E-state index contributed by atoms with van der Waals surface area (Å²) in [4.78, 5) is 14.2. The molecule has 1 aliphatic rings. The van der Waals surface area contributed by atoms with Crippen molar-refractivity contribution in [1.82, 2.24) is 4.90 Å². The highest BCUT2D eigenvalue weighted by Gasteiger charge is 2.34. The molecule has 3 heteroatoms. The van der Waals surface area contributed by atoms with E-state index in [1.165, 1.54) is 0 Å². The van der Waals surface area contributed by atoms with E-state index in [0.717, 1.165) is 31.2 Å². The van der Waals surface area contributed by atoms with Crippen LogP contribution < -0.4 is 0 Å². The van der Waals surface area contributed by atoms with Gasteiger partial charge in [0.1, 0.15) is 0 Å². The molecule has 2 rings (SSSR count). The first-order valence-corrected chi connectivity index (χ1v) is 7.28. The van der Waals surface area contributed by atoms with Gasteiger partial charge in [0.15, 0.2) is 0 Å². The second kappa shape index (κ2) is 6.71. The minimum absolute atomic E-state index is 0.0122. The number of hydrogen-bond acceptors (Lipinski definition) is 2. The van der Waals surface area contributed by atoms with Crippen LogP contribution in [0.25, 0.3) is 0 Å². The third kappa shape index (κ3) is 3.94. The van der Waals surface area contributed by atoms with Gasteiger partial charge in [0.2, 0.25) is 5.91 Å². The first-order chi connectivity index (χ1) is 9.63. The van der Waals surface area contributed by atoms with Crippen LogP contribution in [-0.4, -0.2) is 28.1 Å². The van der Waals surface area contributed by atoms with Crippen molar-refractivity contribution in [3.63, 3.8) is 0 Å². The van der Waals surface area contributed by atoms with Crippen LogP contribution in [0.4, 0.5) is 0 Å². The van der Waals surface area contributed by atoms with Crippen molar-refractivity contribution in [2.24, 2.45) is 0 Å². The second-order valence-corrected chi connectivity index (χ2v) is 5.66. The van der Waals surface area contributed by atoms with E-state index in [1.807, 2.05) is 30.3 Å². The summed E-state index contributed by atoms with van der Waals surface area (Å²) in [6.07, 6.45) is 5.49. The van der Waals surface area contributed by atoms with Crippen molar-refractivity contribution in [2.45, 2.75) is 44.2 Å². The van der Waals surface area contributed by atoms with Crippen LogP contribution in [0.5, 0.6) is 0 Å². The third-order valence-corrected chi connectivity index (χ3v) is 3.93. The fourth-order valence-electron chi connectivity index (χ4n) is 2.82. The lowest BCUT2D eigenvalue weighted by atomic mass is 9.97. The maximum Gasteiger partial charge on any atom is 0.226 e. The van der Waals surface area contributed by atoms with Crippen LogP contribution in [0, 0.1) is 0 Å². The molecule has 1 fully saturated rings. The number of carbonyl (C=O) groups excluding carboxylic acids is 1. The fourth-order valence-corrected chi connectivity index (χ4v) is 2.82. The quantitative estimate of drug-likeness (QED) is 0.810. The van der Waals surface area contributed by atoms with Gasteiger partial charge in [-0.15, -0.1) is 6.58 Å². The monoisotopic (exact) mass is 273 g/mol. The van der Waals surface area contributed by atoms with Crippen molar-refractivity contribution < 1.29 is 9.90 Å². The van der Waals surface area contributed by atoms with Gasteiger partial charge in [0.05, 0.1) is 12.0 Å². The number of aliphatic hydroxyl groups is 1. The summed E-state index contributed by atoms with van der Waals surface area (Å²) in [7, 11) is 0. The zero-order chi connectivity index (χ0) is 14.4. The maximum atomic E-state index is 12.4. The predicted molar refractivity (Wildman–Crippen MR) is 80.1 cm³/mol. The minimum atomic E-state index is -0.785. The molecule has 0 atom stereocenters. The molecular formula is C17H23NO2. The summed E-state index contributed by atoms with van der Waals surface area (Å²) in [6, 6.07) is 9.92. The van der Waals surface area contributed by atoms with Crippen molar-refractivity contribution in [3.8, 4) is 0 Å². The van der Waals surface area contributed by atoms with Gasteiger partial charge in [0.25, 0.3) is 0 Å². The fraction of sp³-hybridized carbons (Fsp3) is 0.471. The van der Waals surface area contributed by atoms with Crippen molar-refractivity contribution in [2.75, 3.05) is 6.54 Å². The molecule has 0 bridgehead atoms. The lowest BCUT2D eigenvalue weighted by molar-refractivity contribution is -0.136. The summed E-state index contributed by atoms with van der Waals surface area (Å²) >= 11 is 0. The number of rotatable bonds is 6. The van der Waals surface area contributed by atoms with Gasteiger partial charge >= 0.3 is 0 Å². The average molecular weight is 273 g/mol. The van der Waals surface area contributed by atoms with E-state index in [9.17, 15) is 9.90 Å². The summed E-state index contributed by atoms with van der Waals surface area (Å²) < 4.78 is 0. The zero-order valence-corrected chi connectivity index (χ0v) is 11.9. The van der Waals surface area contributed by atoms with Gasteiger partial charge in [-0.2, -0.15) is 0 Å². The van der Waals surface area contributed by atoms with E-state index in [0.29, 0.717) is 13.1 Å². The lowest BCUT2D eigenvalue weighted by Crippen LogP contribution is -2.37. The molecule has 0 heterocycles. The topological polar surface area (TPSA) is 40.5 Å². The van der Waals surface area contributed by atoms with Gasteiger partial charge in [-0.05, 0) is 18.4 Å². The molecule has 0 aliphatic heterocycles. The Morgan fingerprint density at radius 2 is 1.95 bits per heavy atom. The van der Waals surface area contributed by atoms with Gasteiger partial charge in [-0.1, -0.05) is 49.2 Å². The van der Waals surface area contributed by atoms with Crippen LogP contribution in [0.15, 0.2) is 43.0 Å². The number of amides is 1. The normalized spacial score (nSPS) is 16.9. The largest absolute Gasteiger partial charge is 0.389 e. The van der Waals surface area contributed by atoms with Gasteiger partial charge < -0.3 is 10.0 Å². The van der Waals surface area contributed by atoms with Crippen molar-refractivity contribution in [1.29, 1.82) is 0 Å². The Balaban J connectivity index is 2.00. The van der Waals surface area contributed by atoms with E-state index in [2.05, 4.69) is 6.58 Å². The smallest absolute Gasteiger partial charge is 0.226 e. The molecule has 1 N–H and O–H groups in total. The number of hydrogen-bond donors (Lipinski definition) is 1. The summed E-state index contributed by atoms with van der Waals surface area (Å²) in [5, 5.41) is 10.4. The van der Waals surface area contributed by atoms with Gasteiger partial charge in [-0.3, -0.25) is 4.79 Å². The first-order valence-electron chi connectivity index (χ1n) is 7.28. The Labute approximate surface area is 120 Å². The van der Waals surface area contributed by atoms with E-state index in [1.54, 1.807) is 11.0 Å².